The van der Waals surface area contributed by atoms with Crippen LogP contribution in [0.4, 0.5) is 4.79 Å². The van der Waals surface area contributed by atoms with Crippen LogP contribution in [0.1, 0.15) is 62.5 Å². The van der Waals surface area contributed by atoms with Gasteiger partial charge in [-0.2, -0.15) is 0 Å². The first kappa shape index (κ1) is 23.8. The molecular formula is C27H32N2O5. The molecule has 0 aliphatic heterocycles. The van der Waals surface area contributed by atoms with Crippen molar-refractivity contribution in [2.75, 3.05) is 6.61 Å². The van der Waals surface area contributed by atoms with Crippen molar-refractivity contribution in [1.29, 1.82) is 0 Å². The first-order chi connectivity index (χ1) is 16.4. The zero-order valence-electron chi connectivity index (χ0n) is 19.5. The summed E-state index contributed by atoms with van der Waals surface area (Å²) in [6.07, 6.45) is 5.08. The van der Waals surface area contributed by atoms with Crippen molar-refractivity contribution in [3.05, 3.63) is 59.7 Å². The van der Waals surface area contributed by atoms with Crippen LogP contribution in [0.25, 0.3) is 11.1 Å². The van der Waals surface area contributed by atoms with Crippen LogP contribution >= 0.6 is 0 Å². The average molecular weight is 465 g/mol. The number of hydrogen-bond donors (Lipinski definition) is 3. The van der Waals surface area contributed by atoms with Crippen molar-refractivity contribution in [3.8, 4) is 11.1 Å². The highest BCUT2D eigenvalue weighted by Crippen LogP contribution is 2.44. The van der Waals surface area contributed by atoms with Gasteiger partial charge in [0.2, 0.25) is 5.91 Å². The standard InChI is InChI=1S/C27H32N2O5/c1-17(25(30)29-24(26(31)32)15-18-9-3-2-4-10-18)28-27(33)34-16-23-21-13-7-5-11-19(21)20-12-6-8-14-22(20)23/h5-8,11-14,17-18,23-24H,2-4,9-10,15-16H2,1H3,(H,28,33)(H,29,30)(H,31,32)/t17-,24-/m1/s1. The minimum Gasteiger partial charge on any atom is -0.480 e. The second-order valence-corrected chi connectivity index (χ2v) is 9.33. The molecule has 180 valence electrons. The minimum atomic E-state index is -1.05. The van der Waals surface area contributed by atoms with Crippen LogP contribution in [0.15, 0.2) is 48.5 Å². The van der Waals surface area contributed by atoms with Gasteiger partial charge in [-0.05, 0) is 41.5 Å². The fraction of sp³-hybridized carbons (Fsp3) is 0.444. The van der Waals surface area contributed by atoms with E-state index >= 15 is 0 Å². The van der Waals surface area contributed by atoms with Crippen molar-refractivity contribution in [1.82, 2.24) is 10.6 Å². The number of benzene rings is 2. The van der Waals surface area contributed by atoms with Crippen LogP contribution in [0.3, 0.4) is 0 Å². The molecule has 7 heteroatoms. The Hall–Kier alpha value is -3.35. The summed E-state index contributed by atoms with van der Waals surface area (Å²) in [6, 6.07) is 14.2. The third kappa shape index (κ3) is 5.41. The molecule has 2 amide bonds. The number of carboxylic acids is 1. The van der Waals surface area contributed by atoms with E-state index in [4.69, 9.17) is 4.74 Å². The summed E-state index contributed by atoms with van der Waals surface area (Å²) in [7, 11) is 0. The van der Waals surface area contributed by atoms with Gasteiger partial charge >= 0.3 is 12.1 Å². The van der Waals surface area contributed by atoms with Gasteiger partial charge in [-0.3, -0.25) is 4.79 Å². The van der Waals surface area contributed by atoms with Crippen LogP contribution in [0, 0.1) is 5.92 Å². The first-order valence-corrected chi connectivity index (χ1v) is 12.1. The molecule has 2 atom stereocenters. The molecule has 0 bridgehead atoms. The van der Waals surface area contributed by atoms with Crippen molar-refractivity contribution < 1.29 is 24.2 Å². The number of aliphatic carboxylic acids is 1. The summed E-state index contributed by atoms with van der Waals surface area (Å²) in [5.41, 5.74) is 4.48. The third-order valence-corrected chi connectivity index (χ3v) is 6.98. The van der Waals surface area contributed by atoms with Crippen molar-refractivity contribution in [2.24, 2.45) is 5.92 Å². The van der Waals surface area contributed by atoms with E-state index in [1.807, 2.05) is 36.4 Å². The summed E-state index contributed by atoms with van der Waals surface area (Å²) in [5, 5.41) is 14.7. The van der Waals surface area contributed by atoms with Crippen molar-refractivity contribution >= 4 is 18.0 Å². The number of carbonyl (C=O) groups excluding carboxylic acids is 2. The average Bonchev–Trinajstić information content (AvgIpc) is 3.16. The lowest BCUT2D eigenvalue weighted by molar-refractivity contribution is -0.142. The summed E-state index contributed by atoms with van der Waals surface area (Å²) in [4.78, 5) is 36.7. The first-order valence-electron chi connectivity index (χ1n) is 12.1. The van der Waals surface area contributed by atoms with Crippen LogP contribution in [0.2, 0.25) is 0 Å². The Morgan fingerprint density at radius 2 is 1.53 bits per heavy atom. The van der Waals surface area contributed by atoms with Crippen molar-refractivity contribution in [2.45, 2.75) is 63.5 Å². The molecule has 2 aromatic rings. The molecule has 2 aliphatic rings. The molecule has 3 N–H and O–H groups in total. The van der Waals surface area contributed by atoms with Crippen LogP contribution in [-0.4, -0.2) is 41.8 Å². The summed E-state index contributed by atoms with van der Waals surface area (Å²) < 4.78 is 5.49. The molecule has 0 spiro atoms. The second kappa shape index (κ2) is 10.7. The Labute approximate surface area is 199 Å². The number of ether oxygens (including phenoxy) is 1. The summed E-state index contributed by atoms with van der Waals surface area (Å²) in [5.74, 6) is -1.35. The van der Waals surface area contributed by atoms with Gasteiger partial charge in [0.15, 0.2) is 0 Å². The molecule has 2 aliphatic carbocycles. The number of carboxylic acid groups (broad SMARTS) is 1. The van der Waals surface area contributed by atoms with E-state index in [1.54, 1.807) is 0 Å². The predicted octanol–water partition coefficient (Wildman–Crippen LogP) is 4.45. The maximum atomic E-state index is 12.6. The van der Waals surface area contributed by atoms with E-state index in [2.05, 4.69) is 22.8 Å². The Kier molecular flexibility index (Phi) is 7.50. The van der Waals surface area contributed by atoms with Gasteiger partial charge in [-0.25, -0.2) is 9.59 Å². The van der Waals surface area contributed by atoms with E-state index in [0.29, 0.717) is 12.3 Å². The quantitative estimate of drug-likeness (QED) is 0.535. The smallest absolute Gasteiger partial charge is 0.407 e. The highest BCUT2D eigenvalue weighted by atomic mass is 16.5. The summed E-state index contributed by atoms with van der Waals surface area (Å²) in [6.45, 7) is 1.67. The van der Waals surface area contributed by atoms with Gasteiger partial charge in [0.1, 0.15) is 18.7 Å². The van der Waals surface area contributed by atoms with Gasteiger partial charge in [0.25, 0.3) is 0 Å². The molecule has 0 unspecified atom stereocenters. The number of fused-ring (bicyclic) bond motifs is 3. The van der Waals surface area contributed by atoms with Crippen LogP contribution in [-0.2, 0) is 14.3 Å². The Morgan fingerprint density at radius 1 is 0.941 bits per heavy atom. The molecule has 4 rings (SSSR count). The third-order valence-electron chi connectivity index (χ3n) is 6.98. The number of amides is 2. The highest BCUT2D eigenvalue weighted by Gasteiger charge is 2.30. The molecule has 34 heavy (non-hydrogen) atoms. The maximum Gasteiger partial charge on any atom is 0.407 e. The molecule has 2 aromatic carbocycles. The van der Waals surface area contributed by atoms with Gasteiger partial charge in [0, 0.05) is 5.92 Å². The molecule has 0 aromatic heterocycles. The van der Waals surface area contributed by atoms with Gasteiger partial charge in [0.05, 0.1) is 0 Å². The fourth-order valence-electron chi connectivity index (χ4n) is 5.16. The molecular weight excluding hydrogens is 432 g/mol. The molecule has 0 saturated heterocycles. The molecule has 1 saturated carbocycles. The number of rotatable bonds is 8. The monoisotopic (exact) mass is 464 g/mol. The van der Waals surface area contributed by atoms with Gasteiger partial charge in [-0.15, -0.1) is 0 Å². The predicted molar refractivity (Wildman–Crippen MR) is 128 cm³/mol. The van der Waals surface area contributed by atoms with Gasteiger partial charge in [-0.1, -0.05) is 80.6 Å². The number of nitrogens with one attached hydrogen (secondary N) is 2. The topological polar surface area (TPSA) is 105 Å². The normalized spacial score (nSPS) is 17.2. The highest BCUT2D eigenvalue weighted by molar-refractivity contribution is 5.89. The number of alkyl carbamates (subject to hydrolysis) is 1. The number of hydrogen-bond acceptors (Lipinski definition) is 4. The lowest BCUT2D eigenvalue weighted by Gasteiger charge is -2.26. The molecule has 0 radical (unpaired) electrons. The van der Waals surface area contributed by atoms with E-state index in [-0.39, 0.29) is 12.5 Å². The van der Waals surface area contributed by atoms with E-state index in [0.717, 1.165) is 47.9 Å². The van der Waals surface area contributed by atoms with E-state index in [9.17, 15) is 19.5 Å². The van der Waals surface area contributed by atoms with E-state index in [1.165, 1.54) is 13.3 Å². The molecule has 7 nitrogen and oxygen atoms in total. The lowest BCUT2D eigenvalue weighted by atomic mass is 9.85. The number of carbonyl (C=O) groups is 3. The maximum absolute atomic E-state index is 12.6. The Bertz CT molecular complexity index is 1000. The Balaban J connectivity index is 1.30. The second-order valence-electron chi connectivity index (χ2n) is 9.33. The zero-order valence-corrected chi connectivity index (χ0v) is 19.5. The molecule has 0 heterocycles. The molecule has 1 fully saturated rings. The van der Waals surface area contributed by atoms with Gasteiger partial charge < -0.3 is 20.5 Å². The minimum absolute atomic E-state index is 0.0748. The van der Waals surface area contributed by atoms with Crippen LogP contribution < -0.4 is 10.6 Å². The lowest BCUT2D eigenvalue weighted by Crippen LogP contribution is -2.51. The fourth-order valence-corrected chi connectivity index (χ4v) is 5.16. The zero-order chi connectivity index (χ0) is 24.1. The SMILES string of the molecule is C[C@@H](NC(=O)OCC1c2ccccc2-c2ccccc21)C(=O)N[C@H](CC1CCCCC1)C(=O)O. The van der Waals surface area contributed by atoms with Crippen LogP contribution in [0.5, 0.6) is 0 Å². The summed E-state index contributed by atoms with van der Waals surface area (Å²) >= 11 is 0. The Morgan fingerprint density at radius 3 is 2.12 bits per heavy atom. The van der Waals surface area contributed by atoms with Crippen molar-refractivity contribution in [3.63, 3.8) is 0 Å². The largest absolute Gasteiger partial charge is 0.480 e. The van der Waals surface area contributed by atoms with E-state index < -0.39 is 30.1 Å².